The molecular formula is C29H30ClN5O. The van der Waals surface area contributed by atoms with Gasteiger partial charge in [0.1, 0.15) is 23.5 Å². The Morgan fingerprint density at radius 1 is 0.889 bits per heavy atom. The second-order valence-corrected chi connectivity index (χ2v) is 9.57. The lowest BCUT2D eigenvalue weighted by molar-refractivity contribution is 0.171. The predicted octanol–water partition coefficient (Wildman–Crippen LogP) is 6.65. The first kappa shape index (κ1) is 23.9. The monoisotopic (exact) mass is 499 g/mol. The minimum atomic E-state index is 0.154. The van der Waals surface area contributed by atoms with E-state index in [9.17, 15) is 0 Å². The minimum Gasteiger partial charge on any atom is -0.490 e. The molecule has 0 saturated carbocycles. The largest absolute Gasteiger partial charge is 0.490 e. The number of ether oxygens (including phenoxy) is 1. The van der Waals surface area contributed by atoms with E-state index in [1.54, 1.807) is 0 Å². The van der Waals surface area contributed by atoms with Gasteiger partial charge in [0.2, 0.25) is 0 Å². The normalized spacial score (nSPS) is 13.9. The number of benzene rings is 3. The molecule has 1 N–H and O–H groups in total. The molecule has 1 fully saturated rings. The van der Waals surface area contributed by atoms with Crippen LogP contribution in [-0.2, 0) is 0 Å². The number of rotatable bonds is 7. The second kappa shape index (κ2) is 10.9. The van der Waals surface area contributed by atoms with Gasteiger partial charge in [-0.05, 0) is 36.4 Å². The lowest BCUT2D eigenvalue weighted by Gasteiger charge is -2.33. The van der Waals surface area contributed by atoms with E-state index < -0.39 is 0 Å². The van der Waals surface area contributed by atoms with Crippen molar-refractivity contribution in [1.82, 2.24) is 9.97 Å². The second-order valence-electron chi connectivity index (χ2n) is 9.13. The first-order valence-corrected chi connectivity index (χ1v) is 12.6. The van der Waals surface area contributed by atoms with Gasteiger partial charge in [-0.25, -0.2) is 9.97 Å². The van der Waals surface area contributed by atoms with Gasteiger partial charge in [-0.3, -0.25) is 0 Å². The van der Waals surface area contributed by atoms with Gasteiger partial charge < -0.3 is 19.9 Å². The summed E-state index contributed by atoms with van der Waals surface area (Å²) in [5, 5.41) is 4.18. The molecule has 3 aromatic carbocycles. The van der Waals surface area contributed by atoms with E-state index in [2.05, 4.69) is 33.3 Å². The Labute approximate surface area is 217 Å². The maximum Gasteiger partial charge on any atom is 0.163 e. The molecule has 7 heteroatoms. The molecule has 0 unspecified atom stereocenters. The summed E-state index contributed by atoms with van der Waals surface area (Å²) in [5.74, 6) is 3.21. The molecule has 2 heterocycles. The lowest BCUT2D eigenvalue weighted by atomic mass is 10.1. The smallest absolute Gasteiger partial charge is 0.163 e. The van der Waals surface area contributed by atoms with Crippen molar-refractivity contribution in [3.63, 3.8) is 0 Å². The summed E-state index contributed by atoms with van der Waals surface area (Å²) < 4.78 is 6.19. The summed E-state index contributed by atoms with van der Waals surface area (Å²) in [6.07, 6.45) is 1.97. The third-order valence-corrected chi connectivity index (χ3v) is 6.48. The highest BCUT2D eigenvalue weighted by molar-refractivity contribution is 6.30. The number of nitrogens with one attached hydrogen (secondary N) is 1. The summed E-state index contributed by atoms with van der Waals surface area (Å²) in [7, 11) is 4.07. The van der Waals surface area contributed by atoms with Crippen LogP contribution < -0.4 is 19.9 Å². The van der Waals surface area contributed by atoms with Gasteiger partial charge in [0, 0.05) is 68.1 Å². The number of hydrogen-bond acceptors (Lipinski definition) is 6. The maximum absolute atomic E-state index is 6.19. The highest BCUT2D eigenvalue weighted by Gasteiger charge is 2.23. The summed E-state index contributed by atoms with van der Waals surface area (Å²) in [4.78, 5) is 14.2. The Morgan fingerprint density at radius 2 is 1.67 bits per heavy atom. The van der Waals surface area contributed by atoms with Crippen molar-refractivity contribution >= 4 is 34.6 Å². The molecule has 184 valence electrons. The van der Waals surface area contributed by atoms with Gasteiger partial charge in [0.15, 0.2) is 5.82 Å². The van der Waals surface area contributed by atoms with E-state index in [1.807, 2.05) is 80.8 Å². The van der Waals surface area contributed by atoms with E-state index >= 15 is 0 Å². The van der Waals surface area contributed by atoms with E-state index in [1.165, 1.54) is 0 Å². The number of nitrogens with zero attached hydrogens (tertiary/aromatic N) is 4. The van der Waals surface area contributed by atoms with Gasteiger partial charge in [-0.2, -0.15) is 0 Å². The van der Waals surface area contributed by atoms with Crippen LogP contribution >= 0.6 is 11.6 Å². The van der Waals surface area contributed by atoms with Crippen LogP contribution in [0.2, 0.25) is 5.02 Å². The molecule has 1 saturated heterocycles. The molecule has 36 heavy (non-hydrogen) atoms. The molecule has 6 nitrogen and oxygen atoms in total. The number of piperidine rings is 1. The summed E-state index contributed by atoms with van der Waals surface area (Å²) in [6, 6.07) is 28.0. The fourth-order valence-electron chi connectivity index (χ4n) is 4.32. The number of anilines is 4. The highest BCUT2D eigenvalue weighted by atomic mass is 35.5. The Kier molecular flexibility index (Phi) is 7.23. The van der Waals surface area contributed by atoms with E-state index in [4.69, 9.17) is 26.3 Å². The molecule has 0 spiro atoms. The zero-order chi connectivity index (χ0) is 24.9. The van der Waals surface area contributed by atoms with Gasteiger partial charge >= 0.3 is 0 Å². The van der Waals surface area contributed by atoms with Crippen LogP contribution in [-0.4, -0.2) is 43.3 Å². The van der Waals surface area contributed by atoms with Gasteiger partial charge in [-0.1, -0.05) is 54.1 Å². The molecule has 0 aliphatic carbocycles. The lowest BCUT2D eigenvalue weighted by Crippen LogP contribution is -2.38. The Balaban J connectivity index is 1.37. The summed E-state index contributed by atoms with van der Waals surface area (Å²) in [5.41, 5.74) is 3.10. The molecule has 0 amide bonds. The SMILES string of the molecule is CN(C)c1cccc(Nc2cc(N3CCC(Oc4cccc(Cl)c4)CC3)nc(-c3ccccc3)n2)c1. The minimum absolute atomic E-state index is 0.154. The van der Waals surface area contributed by atoms with Crippen LogP contribution in [0.3, 0.4) is 0 Å². The van der Waals surface area contributed by atoms with Gasteiger partial charge in [0.05, 0.1) is 0 Å². The number of halogens is 1. The molecule has 0 atom stereocenters. The van der Waals surface area contributed by atoms with Crippen molar-refractivity contribution in [3.8, 4) is 17.1 Å². The van der Waals surface area contributed by atoms with Crippen LogP contribution in [0.25, 0.3) is 11.4 Å². The van der Waals surface area contributed by atoms with Crippen molar-refractivity contribution in [3.05, 3.63) is 90.0 Å². The molecule has 0 radical (unpaired) electrons. The molecule has 0 bridgehead atoms. The number of aromatic nitrogens is 2. The third kappa shape index (κ3) is 5.89. The molecule has 1 aliphatic rings. The molecule has 1 aliphatic heterocycles. The number of hydrogen-bond donors (Lipinski definition) is 1. The van der Waals surface area contributed by atoms with Crippen molar-refractivity contribution in [2.24, 2.45) is 0 Å². The van der Waals surface area contributed by atoms with Crippen LogP contribution in [0.1, 0.15) is 12.8 Å². The van der Waals surface area contributed by atoms with Crippen LogP contribution in [0.5, 0.6) is 5.75 Å². The fraction of sp³-hybridized carbons (Fsp3) is 0.241. The fourth-order valence-corrected chi connectivity index (χ4v) is 4.50. The molecule has 4 aromatic rings. The van der Waals surface area contributed by atoms with Crippen molar-refractivity contribution < 1.29 is 4.74 Å². The molecular weight excluding hydrogens is 470 g/mol. The Bertz CT molecular complexity index is 1310. The van der Waals surface area contributed by atoms with Crippen LogP contribution in [0, 0.1) is 0 Å². The third-order valence-electron chi connectivity index (χ3n) is 6.24. The average molecular weight is 500 g/mol. The van der Waals surface area contributed by atoms with Crippen molar-refractivity contribution in [1.29, 1.82) is 0 Å². The standard InChI is InChI=1S/C29H30ClN5O/c1-34(2)24-12-7-11-23(19-24)31-27-20-28(33-29(32-27)21-8-4-3-5-9-21)35-16-14-25(15-17-35)36-26-13-6-10-22(30)18-26/h3-13,18-20,25H,14-17H2,1-2H3,(H,31,32,33). The first-order chi connectivity index (χ1) is 17.5. The average Bonchev–Trinajstić information content (AvgIpc) is 2.90. The summed E-state index contributed by atoms with van der Waals surface area (Å²) >= 11 is 6.12. The van der Waals surface area contributed by atoms with Crippen molar-refractivity contribution in [2.75, 3.05) is 42.3 Å². The molecule has 1 aromatic heterocycles. The van der Waals surface area contributed by atoms with Crippen molar-refractivity contribution in [2.45, 2.75) is 18.9 Å². The van der Waals surface area contributed by atoms with E-state index in [0.29, 0.717) is 10.8 Å². The van der Waals surface area contributed by atoms with Crippen LogP contribution in [0.15, 0.2) is 84.9 Å². The summed E-state index contributed by atoms with van der Waals surface area (Å²) in [6.45, 7) is 1.71. The zero-order valence-electron chi connectivity index (χ0n) is 20.6. The highest BCUT2D eigenvalue weighted by Crippen LogP contribution is 2.29. The van der Waals surface area contributed by atoms with Gasteiger partial charge in [-0.15, -0.1) is 0 Å². The topological polar surface area (TPSA) is 53.5 Å². The first-order valence-electron chi connectivity index (χ1n) is 12.2. The van der Waals surface area contributed by atoms with Gasteiger partial charge in [0.25, 0.3) is 0 Å². The maximum atomic E-state index is 6.19. The van der Waals surface area contributed by atoms with E-state index in [-0.39, 0.29) is 6.10 Å². The van der Waals surface area contributed by atoms with E-state index in [0.717, 1.165) is 60.3 Å². The predicted molar refractivity (Wildman–Crippen MR) is 149 cm³/mol. The molecule has 5 rings (SSSR count). The quantitative estimate of drug-likeness (QED) is 0.307. The zero-order valence-corrected chi connectivity index (χ0v) is 21.3. The van der Waals surface area contributed by atoms with Crippen LogP contribution in [0.4, 0.5) is 23.0 Å². The Hall–Kier alpha value is -3.77. The Morgan fingerprint density at radius 3 is 2.42 bits per heavy atom.